The van der Waals surface area contributed by atoms with Crippen molar-refractivity contribution in [1.29, 1.82) is 0 Å². The summed E-state index contributed by atoms with van der Waals surface area (Å²) in [6.07, 6.45) is 3.98. The van der Waals surface area contributed by atoms with Crippen LogP contribution in [0.2, 0.25) is 0 Å². The largest absolute Gasteiger partial charge is 0.493 e. The van der Waals surface area contributed by atoms with Gasteiger partial charge in [0.2, 0.25) is 5.75 Å². The smallest absolute Gasteiger partial charge is 0.203 e. The molecule has 0 bridgehead atoms. The molecule has 0 aromatic heterocycles. The maximum Gasteiger partial charge on any atom is 0.203 e. The van der Waals surface area contributed by atoms with Crippen LogP contribution in [0.15, 0.2) is 30.3 Å². The van der Waals surface area contributed by atoms with E-state index >= 15 is 0 Å². The minimum absolute atomic E-state index is 0.580. The molecule has 24 heavy (non-hydrogen) atoms. The first-order valence-corrected chi connectivity index (χ1v) is 7.55. The number of anilines is 2. The number of ether oxygens (including phenoxy) is 3. The zero-order valence-electron chi connectivity index (χ0n) is 14.8. The lowest BCUT2D eigenvalue weighted by Gasteiger charge is -2.15. The molecular weight excluding hydrogens is 304 g/mol. The zero-order valence-corrected chi connectivity index (χ0v) is 14.8. The summed E-state index contributed by atoms with van der Waals surface area (Å²) in [4.78, 5) is 1.99. The van der Waals surface area contributed by atoms with Crippen molar-refractivity contribution >= 4 is 23.5 Å². The Labute approximate surface area is 143 Å². The van der Waals surface area contributed by atoms with Crippen molar-refractivity contribution in [3.05, 3.63) is 41.5 Å². The Morgan fingerprint density at radius 2 is 1.42 bits per heavy atom. The standard InChI is InChI=1S/C19H24N2O3/c1-21(2)16-9-8-13(10-15(16)20)6-7-14-11-17(22-3)19(24-5)18(12-14)23-4/h6-12H,20H2,1-5H3. The molecule has 0 atom stereocenters. The van der Waals surface area contributed by atoms with Crippen LogP contribution in [0.5, 0.6) is 17.2 Å². The molecule has 0 saturated carbocycles. The molecule has 0 heterocycles. The van der Waals surface area contributed by atoms with E-state index in [2.05, 4.69) is 0 Å². The highest BCUT2D eigenvalue weighted by atomic mass is 16.5. The number of nitrogens with zero attached hydrogens (tertiary/aromatic N) is 1. The molecule has 0 spiro atoms. The average molecular weight is 328 g/mol. The number of nitrogen functional groups attached to an aromatic ring is 1. The van der Waals surface area contributed by atoms with E-state index in [4.69, 9.17) is 19.9 Å². The third-order valence-electron chi connectivity index (χ3n) is 3.69. The minimum Gasteiger partial charge on any atom is -0.493 e. The minimum atomic E-state index is 0.580. The maximum atomic E-state index is 6.09. The van der Waals surface area contributed by atoms with E-state index < -0.39 is 0 Å². The fourth-order valence-electron chi connectivity index (χ4n) is 2.47. The molecule has 2 N–H and O–H groups in total. The molecule has 0 fully saturated rings. The van der Waals surface area contributed by atoms with Gasteiger partial charge in [0.25, 0.3) is 0 Å². The molecule has 5 heteroatoms. The zero-order chi connectivity index (χ0) is 17.7. The lowest BCUT2D eigenvalue weighted by Crippen LogP contribution is -2.10. The fourth-order valence-corrected chi connectivity index (χ4v) is 2.47. The monoisotopic (exact) mass is 328 g/mol. The van der Waals surface area contributed by atoms with Gasteiger partial charge in [0.05, 0.1) is 32.7 Å². The molecule has 5 nitrogen and oxygen atoms in total. The molecule has 2 aromatic rings. The Hall–Kier alpha value is -2.82. The van der Waals surface area contributed by atoms with E-state index in [9.17, 15) is 0 Å². The van der Waals surface area contributed by atoms with Crippen LogP contribution in [0.25, 0.3) is 12.2 Å². The molecule has 0 radical (unpaired) electrons. The van der Waals surface area contributed by atoms with Crippen LogP contribution in [-0.4, -0.2) is 35.4 Å². The number of hydrogen-bond donors (Lipinski definition) is 1. The van der Waals surface area contributed by atoms with Crippen molar-refractivity contribution in [2.24, 2.45) is 0 Å². The molecule has 0 aliphatic heterocycles. The summed E-state index contributed by atoms with van der Waals surface area (Å²) in [7, 11) is 8.73. The Kier molecular flexibility index (Phi) is 5.58. The third kappa shape index (κ3) is 3.74. The number of nitrogens with two attached hydrogens (primary N) is 1. The van der Waals surface area contributed by atoms with Crippen LogP contribution in [0.1, 0.15) is 11.1 Å². The van der Waals surface area contributed by atoms with Crippen LogP contribution in [-0.2, 0) is 0 Å². The lowest BCUT2D eigenvalue weighted by atomic mass is 10.1. The molecule has 0 aliphatic carbocycles. The van der Waals surface area contributed by atoms with Gasteiger partial charge >= 0.3 is 0 Å². The van der Waals surface area contributed by atoms with Crippen LogP contribution < -0.4 is 24.8 Å². The van der Waals surface area contributed by atoms with Crippen molar-refractivity contribution in [3.63, 3.8) is 0 Å². The van der Waals surface area contributed by atoms with E-state index in [1.54, 1.807) is 21.3 Å². The van der Waals surface area contributed by atoms with Crippen molar-refractivity contribution in [1.82, 2.24) is 0 Å². The predicted octanol–water partition coefficient (Wildman–Crippen LogP) is 3.53. The Balaban J connectivity index is 2.33. The van der Waals surface area contributed by atoms with Gasteiger partial charge in [-0.05, 0) is 35.4 Å². The van der Waals surface area contributed by atoms with Gasteiger partial charge in [-0.1, -0.05) is 18.2 Å². The Morgan fingerprint density at radius 1 is 0.833 bits per heavy atom. The maximum absolute atomic E-state index is 6.09. The first kappa shape index (κ1) is 17.5. The average Bonchev–Trinajstić information content (AvgIpc) is 2.58. The van der Waals surface area contributed by atoms with Gasteiger partial charge in [-0.25, -0.2) is 0 Å². The van der Waals surface area contributed by atoms with E-state index in [0.29, 0.717) is 17.2 Å². The quantitative estimate of drug-likeness (QED) is 0.649. The van der Waals surface area contributed by atoms with E-state index in [0.717, 1.165) is 22.5 Å². The summed E-state index contributed by atoms with van der Waals surface area (Å²) in [5, 5.41) is 0. The fraction of sp³-hybridized carbons (Fsp3) is 0.263. The first-order valence-electron chi connectivity index (χ1n) is 7.55. The van der Waals surface area contributed by atoms with Crippen molar-refractivity contribution in [3.8, 4) is 17.2 Å². The van der Waals surface area contributed by atoms with Crippen molar-refractivity contribution < 1.29 is 14.2 Å². The summed E-state index contributed by atoms with van der Waals surface area (Å²) in [5.41, 5.74) is 9.80. The highest BCUT2D eigenvalue weighted by Crippen LogP contribution is 2.38. The summed E-state index contributed by atoms with van der Waals surface area (Å²) in [6.45, 7) is 0. The van der Waals surface area contributed by atoms with Crippen LogP contribution in [0.4, 0.5) is 11.4 Å². The normalized spacial score (nSPS) is 10.7. The lowest BCUT2D eigenvalue weighted by molar-refractivity contribution is 0.324. The summed E-state index contributed by atoms with van der Waals surface area (Å²) in [5.74, 6) is 1.83. The number of hydrogen-bond acceptors (Lipinski definition) is 5. The van der Waals surface area contributed by atoms with Gasteiger partial charge in [-0.3, -0.25) is 0 Å². The van der Waals surface area contributed by atoms with Gasteiger partial charge in [0.1, 0.15) is 0 Å². The molecule has 0 unspecified atom stereocenters. The number of benzene rings is 2. The van der Waals surface area contributed by atoms with Gasteiger partial charge in [0, 0.05) is 14.1 Å². The highest BCUT2D eigenvalue weighted by molar-refractivity contribution is 5.77. The number of rotatable bonds is 6. The second-order valence-electron chi connectivity index (χ2n) is 5.50. The van der Waals surface area contributed by atoms with Crippen LogP contribution in [0, 0.1) is 0 Å². The SMILES string of the molecule is COc1cc(C=Cc2ccc(N(C)C)c(N)c2)cc(OC)c1OC. The van der Waals surface area contributed by atoms with Crippen LogP contribution in [0.3, 0.4) is 0 Å². The summed E-state index contributed by atoms with van der Waals surface area (Å²) >= 11 is 0. The molecule has 0 aliphatic rings. The van der Waals surface area contributed by atoms with Crippen molar-refractivity contribution in [2.75, 3.05) is 46.1 Å². The topological polar surface area (TPSA) is 57.0 Å². The van der Waals surface area contributed by atoms with Crippen molar-refractivity contribution in [2.45, 2.75) is 0 Å². The number of methoxy groups -OCH3 is 3. The molecule has 0 saturated heterocycles. The molecule has 128 valence electrons. The molecule has 2 rings (SSSR count). The molecular formula is C19H24N2O3. The van der Waals surface area contributed by atoms with Gasteiger partial charge < -0.3 is 24.8 Å². The molecule has 0 amide bonds. The summed E-state index contributed by atoms with van der Waals surface area (Å²) in [6, 6.07) is 9.78. The second kappa shape index (κ2) is 7.64. The van der Waals surface area contributed by atoms with Gasteiger partial charge in [0.15, 0.2) is 11.5 Å². The van der Waals surface area contributed by atoms with E-state index in [1.807, 2.05) is 61.5 Å². The van der Waals surface area contributed by atoms with Gasteiger partial charge in [-0.2, -0.15) is 0 Å². The van der Waals surface area contributed by atoms with E-state index in [1.165, 1.54) is 0 Å². The first-order chi connectivity index (χ1) is 11.5. The van der Waals surface area contributed by atoms with Crippen LogP contribution >= 0.6 is 0 Å². The Morgan fingerprint density at radius 3 is 1.88 bits per heavy atom. The highest BCUT2D eigenvalue weighted by Gasteiger charge is 2.12. The Bertz CT molecular complexity index is 714. The third-order valence-corrected chi connectivity index (χ3v) is 3.69. The molecule has 2 aromatic carbocycles. The van der Waals surface area contributed by atoms with Gasteiger partial charge in [-0.15, -0.1) is 0 Å². The second-order valence-corrected chi connectivity index (χ2v) is 5.50. The van der Waals surface area contributed by atoms with E-state index in [-0.39, 0.29) is 0 Å². The predicted molar refractivity (Wildman–Crippen MR) is 100 cm³/mol. The summed E-state index contributed by atoms with van der Waals surface area (Å²) < 4.78 is 16.1.